The van der Waals surface area contributed by atoms with Crippen molar-refractivity contribution in [2.24, 2.45) is 0 Å². The van der Waals surface area contributed by atoms with Crippen molar-refractivity contribution in [3.8, 4) is 22.3 Å². The SMILES string of the molecule is Cc1cccc(-c2ccccc2-c2cccnc2Cn2ccnc2)c1C. The van der Waals surface area contributed by atoms with Gasteiger partial charge in [0.1, 0.15) is 0 Å². The molecule has 0 bridgehead atoms. The third kappa shape index (κ3) is 3.04. The maximum Gasteiger partial charge on any atom is 0.0949 e. The molecule has 0 amide bonds. The Morgan fingerprint density at radius 1 is 0.769 bits per heavy atom. The monoisotopic (exact) mass is 339 g/mol. The molecule has 2 heterocycles. The lowest BCUT2D eigenvalue weighted by Gasteiger charge is -2.16. The van der Waals surface area contributed by atoms with Gasteiger partial charge >= 0.3 is 0 Å². The van der Waals surface area contributed by atoms with E-state index in [-0.39, 0.29) is 0 Å². The van der Waals surface area contributed by atoms with Crippen LogP contribution >= 0.6 is 0 Å². The summed E-state index contributed by atoms with van der Waals surface area (Å²) in [6, 6.07) is 19.2. The van der Waals surface area contributed by atoms with E-state index < -0.39 is 0 Å². The molecule has 3 heteroatoms. The molecule has 0 aliphatic carbocycles. The summed E-state index contributed by atoms with van der Waals surface area (Å²) in [4.78, 5) is 8.80. The third-order valence-corrected chi connectivity index (χ3v) is 4.89. The van der Waals surface area contributed by atoms with Crippen LogP contribution in [0.1, 0.15) is 16.8 Å². The predicted octanol–water partition coefficient (Wildman–Crippen LogP) is 5.28. The van der Waals surface area contributed by atoms with Gasteiger partial charge in [-0.25, -0.2) is 4.98 Å². The number of rotatable bonds is 4. The predicted molar refractivity (Wildman–Crippen MR) is 106 cm³/mol. The van der Waals surface area contributed by atoms with Crippen LogP contribution in [0, 0.1) is 13.8 Å². The van der Waals surface area contributed by atoms with E-state index in [1.54, 1.807) is 6.20 Å². The van der Waals surface area contributed by atoms with Crippen molar-refractivity contribution in [3.05, 3.63) is 96.3 Å². The van der Waals surface area contributed by atoms with E-state index in [1.807, 2.05) is 29.4 Å². The molecule has 0 aliphatic heterocycles. The Hall–Kier alpha value is -3.20. The van der Waals surface area contributed by atoms with Crippen molar-refractivity contribution in [1.29, 1.82) is 0 Å². The van der Waals surface area contributed by atoms with Crippen LogP contribution in [0.4, 0.5) is 0 Å². The molecule has 3 nitrogen and oxygen atoms in total. The number of aromatic nitrogens is 3. The molecule has 0 N–H and O–H groups in total. The highest BCUT2D eigenvalue weighted by Gasteiger charge is 2.13. The quantitative estimate of drug-likeness (QED) is 0.506. The molecule has 4 aromatic rings. The Kier molecular flexibility index (Phi) is 4.36. The van der Waals surface area contributed by atoms with Crippen LogP contribution in [-0.4, -0.2) is 14.5 Å². The van der Waals surface area contributed by atoms with Crippen LogP contribution in [0.3, 0.4) is 0 Å². The van der Waals surface area contributed by atoms with Crippen molar-refractivity contribution in [2.75, 3.05) is 0 Å². The lowest BCUT2D eigenvalue weighted by atomic mass is 9.90. The number of imidazole rings is 1. The van der Waals surface area contributed by atoms with E-state index in [0.717, 1.165) is 11.3 Å². The molecule has 0 spiro atoms. The Balaban J connectivity index is 1.87. The summed E-state index contributed by atoms with van der Waals surface area (Å²) in [5.41, 5.74) is 8.57. The van der Waals surface area contributed by atoms with Crippen molar-refractivity contribution in [3.63, 3.8) is 0 Å². The van der Waals surface area contributed by atoms with Gasteiger partial charge in [0.2, 0.25) is 0 Å². The van der Waals surface area contributed by atoms with E-state index in [2.05, 4.69) is 72.3 Å². The zero-order valence-corrected chi connectivity index (χ0v) is 15.1. The second-order valence-electron chi connectivity index (χ2n) is 6.53. The maximum absolute atomic E-state index is 4.66. The number of benzene rings is 2. The Morgan fingerprint density at radius 3 is 2.27 bits per heavy atom. The van der Waals surface area contributed by atoms with E-state index in [4.69, 9.17) is 0 Å². The highest BCUT2D eigenvalue weighted by atomic mass is 15.0. The molecular formula is C23H21N3. The van der Waals surface area contributed by atoms with Gasteiger partial charge in [-0.1, -0.05) is 48.5 Å². The number of hydrogen-bond donors (Lipinski definition) is 0. The fourth-order valence-electron chi connectivity index (χ4n) is 3.36. The lowest BCUT2D eigenvalue weighted by Crippen LogP contribution is -2.02. The van der Waals surface area contributed by atoms with E-state index in [1.165, 1.54) is 27.8 Å². The molecule has 2 aromatic heterocycles. The van der Waals surface area contributed by atoms with Gasteiger partial charge in [-0.05, 0) is 47.7 Å². The zero-order valence-electron chi connectivity index (χ0n) is 15.1. The smallest absolute Gasteiger partial charge is 0.0949 e. The summed E-state index contributed by atoms with van der Waals surface area (Å²) in [6.45, 7) is 5.06. The molecule has 4 rings (SSSR count). The summed E-state index contributed by atoms with van der Waals surface area (Å²) in [6.07, 6.45) is 7.45. The molecular weight excluding hydrogens is 318 g/mol. The lowest BCUT2D eigenvalue weighted by molar-refractivity contribution is 0.775. The normalized spacial score (nSPS) is 10.8. The van der Waals surface area contributed by atoms with Gasteiger partial charge in [0.15, 0.2) is 0 Å². The summed E-state index contributed by atoms with van der Waals surface area (Å²) in [5, 5.41) is 0. The van der Waals surface area contributed by atoms with Crippen molar-refractivity contribution < 1.29 is 0 Å². The molecule has 0 unspecified atom stereocenters. The highest BCUT2D eigenvalue weighted by Crippen LogP contribution is 2.35. The zero-order chi connectivity index (χ0) is 17.9. The molecule has 0 radical (unpaired) electrons. The summed E-state index contributed by atoms with van der Waals surface area (Å²) in [5.74, 6) is 0. The van der Waals surface area contributed by atoms with Gasteiger partial charge in [0.25, 0.3) is 0 Å². The fourth-order valence-corrected chi connectivity index (χ4v) is 3.36. The van der Waals surface area contributed by atoms with Gasteiger partial charge in [-0.3, -0.25) is 4.98 Å². The minimum atomic E-state index is 0.706. The fraction of sp³-hybridized carbons (Fsp3) is 0.130. The molecule has 128 valence electrons. The largest absolute Gasteiger partial charge is 0.331 e. The standard InChI is InChI=1S/C23H21N3/c1-17-7-5-10-19(18(17)2)20-8-3-4-9-21(20)22-11-6-12-25-23(22)15-26-14-13-24-16-26/h3-14,16H,15H2,1-2H3. The highest BCUT2D eigenvalue weighted by molar-refractivity contribution is 5.85. The molecule has 0 saturated heterocycles. The Morgan fingerprint density at radius 2 is 1.50 bits per heavy atom. The number of aryl methyl sites for hydroxylation is 1. The van der Waals surface area contributed by atoms with Crippen molar-refractivity contribution in [1.82, 2.24) is 14.5 Å². The molecule has 0 fully saturated rings. The van der Waals surface area contributed by atoms with E-state index >= 15 is 0 Å². The Labute approximate surface area is 154 Å². The van der Waals surface area contributed by atoms with Crippen LogP contribution in [0.25, 0.3) is 22.3 Å². The first-order chi connectivity index (χ1) is 12.7. The van der Waals surface area contributed by atoms with Crippen LogP contribution in [-0.2, 0) is 6.54 Å². The topological polar surface area (TPSA) is 30.7 Å². The van der Waals surface area contributed by atoms with Crippen molar-refractivity contribution in [2.45, 2.75) is 20.4 Å². The number of hydrogen-bond acceptors (Lipinski definition) is 2. The number of pyridine rings is 1. The first kappa shape index (κ1) is 16.3. The maximum atomic E-state index is 4.66. The Bertz CT molecular complexity index is 1030. The van der Waals surface area contributed by atoms with Crippen LogP contribution in [0.5, 0.6) is 0 Å². The van der Waals surface area contributed by atoms with Crippen LogP contribution < -0.4 is 0 Å². The third-order valence-electron chi connectivity index (χ3n) is 4.89. The molecule has 2 aromatic carbocycles. The van der Waals surface area contributed by atoms with Gasteiger partial charge in [-0.2, -0.15) is 0 Å². The number of nitrogens with zero attached hydrogens (tertiary/aromatic N) is 3. The summed E-state index contributed by atoms with van der Waals surface area (Å²) < 4.78 is 2.05. The second kappa shape index (κ2) is 6.96. The van der Waals surface area contributed by atoms with E-state index in [0.29, 0.717) is 6.54 Å². The molecule has 0 aliphatic rings. The summed E-state index contributed by atoms with van der Waals surface area (Å²) in [7, 11) is 0. The summed E-state index contributed by atoms with van der Waals surface area (Å²) >= 11 is 0. The minimum Gasteiger partial charge on any atom is -0.331 e. The van der Waals surface area contributed by atoms with E-state index in [9.17, 15) is 0 Å². The molecule has 26 heavy (non-hydrogen) atoms. The first-order valence-corrected chi connectivity index (χ1v) is 8.79. The minimum absolute atomic E-state index is 0.706. The second-order valence-corrected chi connectivity index (χ2v) is 6.53. The van der Waals surface area contributed by atoms with Crippen LogP contribution in [0.2, 0.25) is 0 Å². The van der Waals surface area contributed by atoms with Gasteiger partial charge in [0.05, 0.1) is 18.6 Å². The average molecular weight is 339 g/mol. The van der Waals surface area contributed by atoms with Gasteiger partial charge in [-0.15, -0.1) is 0 Å². The first-order valence-electron chi connectivity index (χ1n) is 8.79. The van der Waals surface area contributed by atoms with Crippen LogP contribution in [0.15, 0.2) is 79.5 Å². The molecule has 0 saturated carbocycles. The van der Waals surface area contributed by atoms with Gasteiger partial charge < -0.3 is 4.57 Å². The van der Waals surface area contributed by atoms with Crippen molar-refractivity contribution >= 4 is 0 Å². The molecule has 0 atom stereocenters. The van der Waals surface area contributed by atoms with Gasteiger partial charge in [0, 0.05) is 24.2 Å². The average Bonchev–Trinajstić information content (AvgIpc) is 3.18.